The van der Waals surface area contributed by atoms with Gasteiger partial charge in [-0.1, -0.05) is 6.08 Å². The molecule has 0 bridgehead atoms. The van der Waals surface area contributed by atoms with E-state index >= 15 is 0 Å². The molecule has 1 aliphatic rings. The molecule has 1 saturated heterocycles. The number of ether oxygens (including phenoxy) is 1. The lowest BCUT2D eigenvalue weighted by Gasteiger charge is -2.23. The topological polar surface area (TPSA) is 12.5 Å². The van der Waals surface area contributed by atoms with Gasteiger partial charge in [0.1, 0.15) is 0 Å². The van der Waals surface area contributed by atoms with Gasteiger partial charge < -0.3 is 4.74 Å². The van der Waals surface area contributed by atoms with Crippen molar-refractivity contribution in [2.45, 2.75) is 26.8 Å². The molecule has 0 unspecified atom stereocenters. The summed E-state index contributed by atoms with van der Waals surface area (Å²) in [5, 5.41) is 0. The van der Waals surface area contributed by atoms with Crippen molar-refractivity contribution >= 4 is 0 Å². The van der Waals surface area contributed by atoms with E-state index < -0.39 is 0 Å². The molecule has 0 amide bonds. The highest BCUT2D eigenvalue weighted by atomic mass is 16.5. The van der Waals surface area contributed by atoms with E-state index in [1.165, 1.54) is 5.57 Å². The van der Waals surface area contributed by atoms with Crippen LogP contribution in [-0.2, 0) is 4.74 Å². The maximum absolute atomic E-state index is 5.47. The van der Waals surface area contributed by atoms with Gasteiger partial charge in [0, 0.05) is 19.1 Å². The van der Waals surface area contributed by atoms with E-state index in [4.69, 9.17) is 4.74 Å². The SMILES string of the molecule is C/C=C1/COCCN(C(C)C)C1. The van der Waals surface area contributed by atoms with Gasteiger partial charge in [0.25, 0.3) is 0 Å². The molecule has 2 nitrogen and oxygen atoms in total. The Morgan fingerprint density at radius 3 is 2.83 bits per heavy atom. The predicted molar refractivity (Wildman–Crippen MR) is 51.3 cm³/mol. The number of rotatable bonds is 1. The molecule has 1 aliphatic heterocycles. The molecular weight excluding hydrogens is 150 g/mol. The molecule has 0 aromatic carbocycles. The molecule has 0 aliphatic carbocycles. The van der Waals surface area contributed by atoms with E-state index in [9.17, 15) is 0 Å². The van der Waals surface area contributed by atoms with Crippen LogP contribution in [0.4, 0.5) is 0 Å². The Balaban J connectivity index is 2.53. The highest BCUT2D eigenvalue weighted by Gasteiger charge is 2.14. The minimum absolute atomic E-state index is 0.627. The van der Waals surface area contributed by atoms with E-state index in [1.54, 1.807) is 0 Å². The van der Waals surface area contributed by atoms with Crippen molar-refractivity contribution < 1.29 is 4.74 Å². The zero-order chi connectivity index (χ0) is 8.97. The predicted octanol–water partition coefficient (Wildman–Crippen LogP) is 1.67. The standard InChI is InChI=1S/C10H19NO/c1-4-10-7-11(9(2)3)5-6-12-8-10/h4,9H,5-8H2,1-3H3/b10-4+. The highest BCUT2D eigenvalue weighted by Crippen LogP contribution is 2.08. The van der Waals surface area contributed by atoms with Crippen LogP contribution in [0.3, 0.4) is 0 Å². The average Bonchev–Trinajstić information content (AvgIpc) is 2.28. The van der Waals surface area contributed by atoms with E-state index in [2.05, 4.69) is 31.7 Å². The summed E-state index contributed by atoms with van der Waals surface area (Å²) in [6.07, 6.45) is 2.17. The Kier molecular flexibility index (Phi) is 3.76. The summed E-state index contributed by atoms with van der Waals surface area (Å²) in [6.45, 7) is 10.4. The zero-order valence-corrected chi connectivity index (χ0v) is 8.34. The molecule has 12 heavy (non-hydrogen) atoms. The first-order chi connectivity index (χ1) is 5.74. The van der Waals surface area contributed by atoms with Crippen LogP contribution in [0.5, 0.6) is 0 Å². The maximum atomic E-state index is 5.47. The lowest BCUT2D eigenvalue weighted by atomic mass is 10.2. The summed E-state index contributed by atoms with van der Waals surface area (Å²) >= 11 is 0. The van der Waals surface area contributed by atoms with Gasteiger partial charge in [0.2, 0.25) is 0 Å². The van der Waals surface area contributed by atoms with Gasteiger partial charge >= 0.3 is 0 Å². The molecule has 1 fully saturated rings. The Morgan fingerprint density at radius 2 is 2.25 bits per heavy atom. The highest BCUT2D eigenvalue weighted by molar-refractivity contribution is 5.04. The number of nitrogens with zero attached hydrogens (tertiary/aromatic N) is 1. The summed E-state index contributed by atoms with van der Waals surface area (Å²) in [5.74, 6) is 0. The first-order valence-corrected chi connectivity index (χ1v) is 4.70. The fourth-order valence-electron chi connectivity index (χ4n) is 1.39. The van der Waals surface area contributed by atoms with Crippen LogP contribution in [0, 0.1) is 0 Å². The molecule has 0 spiro atoms. The molecular formula is C10H19NO. The quantitative estimate of drug-likeness (QED) is 0.554. The second-order valence-electron chi connectivity index (χ2n) is 3.56. The molecule has 0 saturated carbocycles. The molecule has 1 heterocycles. The molecule has 0 N–H and O–H groups in total. The average molecular weight is 169 g/mol. The molecule has 0 aromatic rings. The van der Waals surface area contributed by atoms with E-state index in [-0.39, 0.29) is 0 Å². The van der Waals surface area contributed by atoms with Crippen molar-refractivity contribution in [3.8, 4) is 0 Å². The van der Waals surface area contributed by atoms with Gasteiger partial charge in [-0.15, -0.1) is 0 Å². The van der Waals surface area contributed by atoms with Gasteiger partial charge in [0.15, 0.2) is 0 Å². The van der Waals surface area contributed by atoms with E-state index in [0.29, 0.717) is 6.04 Å². The Morgan fingerprint density at radius 1 is 1.50 bits per heavy atom. The van der Waals surface area contributed by atoms with Gasteiger partial charge in [-0.3, -0.25) is 4.90 Å². The molecule has 1 rings (SSSR count). The van der Waals surface area contributed by atoms with Crippen molar-refractivity contribution in [2.75, 3.05) is 26.3 Å². The van der Waals surface area contributed by atoms with Crippen LogP contribution in [0.1, 0.15) is 20.8 Å². The summed E-state index contributed by atoms with van der Waals surface area (Å²) < 4.78 is 5.47. The third kappa shape index (κ3) is 2.61. The second-order valence-corrected chi connectivity index (χ2v) is 3.56. The number of allylic oxidation sites excluding steroid dienone is 1. The van der Waals surface area contributed by atoms with Crippen LogP contribution in [-0.4, -0.2) is 37.2 Å². The van der Waals surface area contributed by atoms with Crippen molar-refractivity contribution in [1.82, 2.24) is 4.90 Å². The van der Waals surface area contributed by atoms with Crippen LogP contribution in [0.15, 0.2) is 11.6 Å². The molecule has 70 valence electrons. The van der Waals surface area contributed by atoms with E-state index in [0.717, 1.165) is 26.3 Å². The lowest BCUT2D eigenvalue weighted by Crippen LogP contribution is -2.33. The van der Waals surface area contributed by atoms with Crippen molar-refractivity contribution in [3.05, 3.63) is 11.6 Å². The first-order valence-electron chi connectivity index (χ1n) is 4.70. The smallest absolute Gasteiger partial charge is 0.0689 e. The Labute approximate surface area is 75.2 Å². The minimum Gasteiger partial charge on any atom is -0.376 e. The van der Waals surface area contributed by atoms with Crippen LogP contribution in [0.2, 0.25) is 0 Å². The normalized spacial score (nSPS) is 24.8. The van der Waals surface area contributed by atoms with Crippen LogP contribution >= 0.6 is 0 Å². The fourth-order valence-corrected chi connectivity index (χ4v) is 1.39. The van der Waals surface area contributed by atoms with Gasteiger partial charge in [-0.2, -0.15) is 0 Å². The summed E-state index contributed by atoms with van der Waals surface area (Å²) in [6, 6.07) is 0.627. The molecule has 0 atom stereocenters. The minimum atomic E-state index is 0.627. The Hall–Kier alpha value is -0.340. The van der Waals surface area contributed by atoms with Crippen LogP contribution in [0.25, 0.3) is 0 Å². The molecule has 0 aromatic heterocycles. The zero-order valence-electron chi connectivity index (χ0n) is 8.34. The van der Waals surface area contributed by atoms with Gasteiger partial charge in [0.05, 0.1) is 13.2 Å². The molecule has 0 radical (unpaired) electrons. The fraction of sp³-hybridized carbons (Fsp3) is 0.800. The Bertz CT molecular complexity index is 163. The third-order valence-electron chi connectivity index (χ3n) is 2.36. The number of hydrogen-bond donors (Lipinski definition) is 0. The lowest BCUT2D eigenvalue weighted by molar-refractivity contribution is 0.141. The third-order valence-corrected chi connectivity index (χ3v) is 2.36. The second kappa shape index (κ2) is 4.63. The van der Waals surface area contributed by atoms with E-state index in [1.807, 2.05) is 0 Å². The van der Waals surface area contributed by atoms with Gasteiger partial charge in [-0.25, -0.2) is 0 Å². The van der Waals surface area contributed by atoms with Crippen molar-refractivity contribution in [3.63, 3.8) is 0 Å². The largest absolute Gasteiger partial charge is 0.376 e. The van der Waals surface area contributed by atoms with Gasteiger partial charge in [-0.05, 0) is 26.3 Å². The van der Waals surface area contributed by atoms with Crippen LogP contribution < -0.4 is 0 Å². The summed E-state index contributed by atoms with van der Waals surface area (Å²) in [4.78, 5) is 2.45. The monoisotopic (exact) mass is 169 g/mol. The van der Waals surface area contributed by atoms with Crippen molar-refractivity contribution in [1.29, 1.82) is 0 Å². The summed E-state index contributed by atoms with van der Waals surface area (Å²) in [7, 11) is 0. The maximum Gasteiger partial charge on any atom is 0.0689 e. The first kappa shape index (κ1) is 9.75. The number of hydrogen-bond acceptors (Lipinski definition) is 2. The summed E-state index contributed by atoms with van der Waals surface area (Å²) in [5.41, 5.74) is 1.40. The van der Waals surface area contributed by atoms with Crippen molar-refractivity contribution in [2.24, 2.45) is 0 Å². The molecule has 2 heteroatoms.